The van der Waals surface area contributed by atoms with Crippen molar-refractivity contribution in [1.82, 2.24) is 10.2 Å². The number of Topliss-reactive ketones (excluding diaryl/α,β-unsaturated/α-hetero) is 1. The molecular weight excluding hydrogens is 629 g/mol. The lowest BCUT2D eigenvalue weighted by Crippen LogP contribution is -2.31. The number of anilines is 1. The van der Waals surface area contributed by atoms with E-state index in [0.29, 0.717) is 38.1 Å². The van der Waals surface area contributed by atoms with Crippen molar-refractivity contribution in [2.75, 3.05) is 4.90 Å². The molecule has 1 N–H and O–H groups in total. The van der Waals surface area contributed by atoms with Gasteiger partial charge in [-0.3, -0.25) is 14.5 Å². The second-order valence-corrected chi connectivity index (χ2v) is 12.4. The van der Waals surface area contributed by atoms with Crippen LogP contribution in [0.25, 0.3) is 0 Å². The highest BCUT2D eigenvalue weighted by molar-refractivity contribution is 8.00. The molecule has 0 aliphatic carbocycles. The summed E-state index contributed by atoms with van der Waals surface area (Å²) in [5, 5.41) is 20.8. The molecule has 0 bridgehead atoms. The van der Waals surface area contributed by atoms with Gasteiger partial charge in [-0.15, -0.1) is 10.2 Å². The molecule has 0 saturated heterocycles. The molecule has 1 aliphatic heterocycles. The molecule has 0 spiro atoms. The number of thioether (sulfide) groups is 1. The number of benzene rings is 3. The second kappa shape index (κ2) is 12.6. The average Bonchev–Trinajstić information content (AvgIpc) is 3.77. The molecule has 216 valence electrons. The lowest BCUT2D eigenvalue weighted by atomic mass is 9.95. The zero-order valence-corrected chi connectivity index (χ0v) is 25.3. The molecule has 1 atom stereocenters. The Morgan fingerprint density at radius 3 is 2.53 bits per heavy atom. The normalized spacial score (nSPS) is 14.9. The summed E-state index contributed by atoms with van der Waals surface area (Å²) in [7, 11) is 0. The molecule has 0 saturated carbocycles. The van der Waals surface area contributed by atoms with E-state index in [1.54, 1.807) is 42.5 Å². The maximum absolute atomic E-state index is 13.5. The van der Waals surface area contributed by atoms with Crippen LogP contribution in [0.15, 0.2) is 111 Å². The zero-order valence-electron chi connectivity index (χ0n) is 22.1. The minimum absolute atomic E-state index is 0.00244. The molecule has 1 amide bonds. The number of ether oxygens (including phenoxy) is 1. The Bertz CT molecular complexity index is 1810. The Hall–Kier alpha value is -4.09. The maximum Gasteiger partial charge on any atom is 0.296 e. The first-order valence-corrected chi connectivity index (χ1v) is 15.5. The van der Waals surface area contributed by atoms with Crippen LogP contribution in [0, 0.1) is 0 Å². The first-order valence-electron chi connectivity index (χ1n) is 12.9. The quantitative estimate of drug-likeness (QED) is 0.0919. The minimum atomic E-state index is -0.982. The van der Waals surface area contributed by atoms with Gasteiger partial charge in [0.15, 0.2) is 15.9 Å². The predicted molar refractivity (Wildman–Crippen MR) is 166 cm³/mol. The fraction of sp³-hybridized carbons (Fsp3) is 0.0968. The summed E-state index contributed by atoms with van der Waals surface area (Å²) < 4.78 is 11.8. The maximum atomic E-state index is 13.5. The summed E-state index contributed by atoms with van der Waals surface area (Å²) in [4.78, 5) is 28.3. The summed E-state index contributed by atoms with van der Waals surface area (Å²) in [5.41, 5.74) is 2.33. The van der Waals surface area contributed by atoms with E-state index in [-0.39, 0.29) is 16.5 Å². The molecule has 12 heteroatoms. The molecule has 0 radical (unpaired) electrons. The van der Waals surface area contributed by atoms with E-state index >= 15 is 0 Å². The van der Waals surface area contributed by atoms with Crippen LogP contribution in [0.5, 0.6) is 5.75 Å². The van der Waals surface area contributed by atoms with Gasteiger partial charge >= 0.3 is 0 Å². The highest BCUT2D eigenvalue weighted by atomic mass is 35.5. The summed E-state index contributed by atoms with van der Waals surface area (Å²) in [6.07, 6.45) is 1.36. The standard InChI is InChI=1S/C31H21Cl2N3O5S2/c32-21-11-8-20(23(33)15-21)17-42-31-35-34-30(43-31)36-26(25(28(38)29(36)39)27(37)24-7-4-14-40-24)19-9-12-22(13-10-19)41-16-18-5-2-1-3-6-18/h1-15,26,38H,16-17H2. The van der Waals surface area contributed by atoms with Gasteiger partial charge in [0.05, 0.1) is 17.9 Å². The van der Waals surface area contributed by atoms with Gasteiger partial charge < -0.3 is 14.3 Å². The number of aliphatic hydroxyl groups excluding tert-OH is 1. The highest BCUT2D eigenvalue weighted by Crippen LogP contribution is 2.44. The van der Waals surface area contributed by atoms with E-state index in [1.165, 1.54) is 29.0 Å². The Morgan fingerprint density at radius 2 is 1.81 bits per heavy atom. The Kier molecular flexibility index (Phi) is 8.53. The molecule has 2 aromatic heterocycles. The number of halogens is 2. The Labute approximate surface area is 264 Å². The molecule has 0 fully saturated rings. The SMILES string of the molecule is O=C(C1=C(O)C(=O)N(c2nnc(SCc3ccc(Cl)cc3Cl)s2)C1c1ccc(OCc2ccccc2)cc1)c1ccco1. The fourth-order valence-electron chi connectivity index (χ4n) is 4.51. The van der Waals surface area contributed by atoms with Gasteiger partial charge in [-0.2, -0.15) is 0 Å². The number of nitrogens with zero attached hydrogens (tertiary/aromatic N) is 3. The largest absolute Gasteiger partial charge is 0.503 e. The van der Waals surface area contributed by atoms with Crippen molar-refractivity contribution in [3.05, 3.63) is 135 Å². The molecule has 5 aromatic rings. The fourth-order valence-corrected chi connectivity index (χ4v) is 6.94. The van der Waals surface area contributed by atoms with Gasteiger partial charge in [-0.1, -0.05) is 94.8 Å². The van der Waals surface area contributed by atoms with Gasteiger partial charge in [-0.25, -0.2) is 0 Å². The smallest absolute Gasteiger partial charge is 0.296 e. The molecule has 6 rings (SSSR count). The first-order chi connectivity index (χ1) is 20.9. The topological polar surface area (TPSA) is 106 Å². The zero-order chi connectivity index (χ0) is 29.9. The summed E-state index contributed by atoms with van der Waals surface area (Å²) in [6, 6.07) is 24.1. The van der Waals surface area contributed by atoms with Crippen LogP contribution >= 0.6 is 46.3 Å². The van der Waals surface area contributed by atoms with E-state index in [1.807, 2.05) is 36.4 Å². The Morgan fingerprint density at radius 1 is 1.02 bits per heavy atom. The van der Waals surface area contributed by atoms with Crippen LogP contribution in [-0.4, -0.2) is 27.0 Å². The van der Waals surface area contributed by atoms with Crippen molar-refractivity contribution in [1.29, 1.82) is 0 Å². The number of hydrogen-bond donors (Lipinski definition) is 1. The molecule has 43 heavy (non-hydrogen) atoms. The van der Waals surface area contributed by atoms with Crippen LogP contribution < -0.4 is 9.64 Å². The third-order valence-electron chi connectivity index (χ3n) is 6.61. The number of rotatable bonds is 10. The molecular formula is C31H21Cl2N3O5S2. The second-order valence-electron chi connectivity index (χ2n) is 9.36. The van der Waals surface area contributed by atoms with Crippen LogP contribution in [0.4, 0.5) is 5.13 Å². The van der Waals surface area contributed by atoms with Crippen LogP contribution in [0.2, 0.25) is 10.0 Å². The number of furan rings is 1. The number of ketones is 1. The number of aliphatic hydroxyl groups is 1. The molecule has 8 nitrogen and oxygen atoms in total. The van der Waals surface area contributed by atoms with E-state index < -0.39 is 23.5 Å². The van der Waals surface area contributed by atoms with Crippen molar-refractivity contribution in [2.45, 2.75) is 22.7 Å². The van der Waals surface area contributed by atoms with Gasteiger partial charge in [0, 0.05) is 15.8 Å². The van der Waals surface area contributed by atoms with E-state index in [0.717, 1.165) is 22.5 Å². The summed E-state index contributed by atoms with van der Waals surface area (Å²) >= 11 is 14.9. The van der Waals surface area contributed by atoms with Crippen LogP contribution in [0.3, 0.4) is 0 Å². The third-order valence-corrected chi connectivity index (χ3v) is 9.30. The van der Waals surface area contributed by atoms with Crippen molar-refractivity contribution >= 4 is 63.1 Å². The summed E-state index contributed by atoms with van der Waals surface area (Å²) in [5.74, 6) is -0.948. The third kappa shape index (κ3) is 6.18. The number of carbonyl (C=O) groups is 2. The lowest BCUT2D eigenvalue weighted by Gasteiger charge is -2.24. The van der Waals surface area contributed by atoms with Crippen LogP contribution in [0.1, 0.15) is 33.3 Å². The molecule has 1 unspecified atom stereocenters. The van der Waals surface area contributed by atoms with Gasteiger partial charge in [0.2, 0.25) is 10.9 Å². The molecule has 3 aromatic carbocycles. The number of hydrogen-bond acceptors (Lipinski definition) is 9. The number of amides is 1. The van der Waals surface area contributed by atoms with Crippen molar-refractivity contribution < 1.29 is 23.8 Å². The van der Waals surface area contributed by atoms with E-state index in [9.17, 15) is 14.7 Å². The van der Waals surface area contributed by atoms with Gasteiger partial charge in [-0.05, 0) is 53.1 Å². The predicted octanol–water partition coefficient (Wildman–Crippen LogP) is 8.09. The van der Waals surface area contributed by atoms with Crippen molar-refractivity contribution in [3.63, 3.8) is 0 Å². The highest BCUT2D eigenvalue weighted by Gasteiger charge is 2.46. The van der Waals surface area contributed by atoms with E-state index in [4.69, 9.17) is 32.4 Å². The summed E-state index contributed by atoms with van der Waals surface area (Å²) in [6.45, 7) is 0.379. The van der Waals surface area contributed by atoms with Gasteiger partial charge in [0.25, 0.3) is 5.91 Å². The minimum Gasteiger partial charge on any atom is -0.503 e. The van der Waals surface area contributed by atoms with Crippen LogP contribution in [-0.2, 0) is 17.2 Å². The lowest BCUT2D eigenvalue weighted by molar-refractivity contribution is -0.117. The number of aromatic nitrogens is 2. The monoisotopic (exact) mass is 649 g/mol. The average molecular weight is 651 g/mol. The van der Waals surface area contributed by atoms with Crippen molar-refractivity contribution in [3.8, 4) is 5.75 Å². The van der Waals surface area contributed by atoms with Gasteiger partial charge in [0.1, 0.15) is 12.4 Å². The number of carbonyl (C=O) groups excluding carboxylic acids is 2. The molecule has 3 heterocycles. The first kappa shape index (κ1) is 29.0. The Balaban J connectivity index is 1.28. The van der Waals surface area contributed by atoms with Crippen molar-refractivity contribution in [2.24, 2.45) is 0 Å². The van der Waals surface area contributed by atoms with E-state index in [2.05, 4.69) is 10.2 Å². The molecule has 1 aliphatic rings.